The normalized spacial score (nSPS) is 24.5. The van der Waals surface area contributed by atoms with Crippen LogP contribution in [0.4, 0.5) is 5.69 Å². The SMILES string of the molecule is CCOc1ccccc1N1CC(C)N(C)C(CN)C1. The minimum atomic E-state index is 0.401. The van der Waals surface area contributed by atoms with Gasteiger partial charge in [-0.1, -0.05) is 12.1 Å². The maximum absolute atomic E-state index is 5.89. The van der Waals surface area contributed by atoms with Crippen LogP contribution in [0.1, 0.15) is 13.8 Å². The Morgan fingerprint density at radius 3 is 2.74 bits per heavy atom. The van der Waals surface area contributed by atoms with Gasteiger partial charge in [-0.2, -0.15) is 0 Å². The number of hydrogen-bond acceptors (Lipinski definition) is 4. The van der Waals surface area contributed by atoms with Gasteiger partial charge in [0.25, 0.3) is 0 Å². The molecule has 0 radical (unpaired) electrons. The second-order valence-corrected chi connectivity index (χ2v) is 5.21. The van der Waals surface area contributed by atoms with E-state index in [1.165, 1.54) is 5.69 Å². The van der Waals surface area contributed by atoms with E-state index in [2.05, 4.69) is 35.9 Å². The number of benzene rings is 1. The summed E-state index contributed by atoms with van der Waals surface area (Å²) in [7, 11) is 2.16. The molecule has 0 amide bonds. The maximum Gasteiger partial charge on any atom is 0.142 e. The van der Waals surface area contributed by atoms with Crippen LogP contribution in [0.3, 0.4) is 0 Å². The van der Waals surface area contributed by atoms with Crippen molar-refractivity contribution >= 4 is 5.69 Å². The van der Waals surface area contributed by atoms with Crippen LogP contribution in [-0.2, 0) is 0 Å². The highest BCUT2D eigenvalue weighted by molar-refractivity contribution is 5.59. The molecule has 2 atom stereocenters. The van der Waals surface area contributed by atoms with Gasteiger partial charge in [-0.05, 0) is 33.0 Å². The van der Waals surface area contributed by atoms with Gasteiger partial charge in [0.05, 0.1) is 12.3 Å². The zero-order chi connectivity index (χ0) is 13.8. The van der Waals surface area contributed by atoms with Crippen LogP contribution in [0.5, 0.6) is 5.75 Å². The van der Waals surface area contributed by atoms with Crippen LogP contribution in [0.25, 0.3) is 0 Å². The maximum atomic E-state index is 5.89. The number of rotatable bonds is 4. The number of likely N-dealkylation sites (N-methyl/N-ethyl adjacent to an activating group) is 1. The van der Waals surface area contributed by atoms with E-state index < -0.39 is 0 Å². The lowest BCUT2D eigenvalue weighted by Gasteiger charge is -2.44. The van der Waals surface area contributed by atoms with E-state index >= 15 is 0 Å². The van der Waals surface area contributed by atoms with E-state index in [1.54, 1.807) is 0 Å². The molecular weight excluding hydrogens is 238 g/mol. The molecule has 0 saturated carbocycles. The van der Waals surface area contributed by atoms with Gasteiger partial charge >= 0.3 is 0 Å². The van der Waals surface area contributed by atoms with Crippen molar-refractivity contribution in [3.8, 4) is 5.75 Å². The molecule has 1 aliphatic rings. The van der Waals surface area contributed by atoms with Crippen LogP contribution in [0.15, 0.2) is 24.3 Å². The summed E-state index contributed by atoms with van der Waals surface area (Å²) >= 11 is 0. The Hall–Kier alpha value is -1.26. The summed E-state index contributed by atoms with van der Waals surface area (Å²) in [5, 5.41) is 0. The number of anilines is 1. The predicted octanol–water partition coefficient (Wildman–Crippen LogP) is 1.55. The van der Waals surface area contributed by atoms with E-state index in [1.807, 2.05) is 19.1 Å². The van der Waals surface area contributed by atoms with Crippen molar-refractivity contribution in [3.63, 3.8) is 0 Å². The molecule has 1 aliphatic heterocycles. The molecule has 1 aromatic carbocycles. The molecule has 2 rings (SSSR count). The largest absolute Gasteiger partial charge is 0.492 e. The van der Waals surface area contributed by atoms with Crippen LogP contribution in [0, 0.1) is 0 Å². The average Bonchev–Trinajstić information content (AvgIpc) is 2.43. The highest BCUT2D eigenvalue weighted by Crippen LogP contribution is 2.30. The van der Waals surface area contributed by atoms with E-state index in [4.69, 9.17) is 10.5 Å². The van der Waals surface area contributed by atoms with Crippen molar-refractivity contribution in [2.45, 2.75) is 25.9 Å². The molecule has 0 aromatic heterocycles. The summed E-state index contributed by atoms with van der Waals surface area (Å²) in [5.41, 5.74) is 7.08. The lowest BCUT2D eigenvalue weighted by Crippen LogP contribution is -2.58. The first-order valence-electron chi connectivity index (χ1n) is 7.06. The van der Waals surface area contributed by atoms with Crippen molar-refractivity contribution in [1.82, 2.24) is 4.90 Å². The minimum absolute atomic E-state index is 0.401. The molecule has 0 spiro atoms. The first-order chi connectivity index (χ1) is 9.17. The van der Waals surface area contributed by atoms with Crippen molar-refractivity contribution in [2.75, 3.05) is 38.2 Å². The average molecular weight is 263 g/mol. The number of para-hydroxylation sites is 2. The van der Waals surface area contributed by atoms with Crippen molar-refractivity contribution in [1.29, 1.82) is 0 Å². The van der Waals surface area contributed by atoms with Gasteiger partial charge in [0.2, 0.25) is 0 Å². The molecule has 2 unspecified atom stereocenters. The molecule has 1 aromatic rings. The summed E-state index contributed by atoms with van der Waals surface area (Å²) in [6.07, 6.45) is 0. The molecule has 19 heavy (non-hydrogen) atoms. The Labute approximate surface area is 116 Å². The topological polar surface area (TPSA) is 41.7 Å². The third kappa shape index (κ3) is 3.01. The Morgan fingerprint density at radius 1 is 1.32 bits per heavy atom. The van der Waals surface area contributed by atoms with Gasteiger partial charge in [0.15, 0.2) is 0 Å². The number of ether oxygens (including phenoxy) is 1. The summed E-state index contributed by atoms with van der Waals surface area (Å²) in [5.74, 6) is 0.970. The van der Waals surface area contributed by atoms with Gasteiger partial charge in [-0.25, -0.2) is 0 Å². The molecule has 4 heteroatoms. The highest BCUT2D eigenvalue weighted by Gasteiger charge is 2.29. The monoisotopic (exact) mass is 263 g/mol. The number of nitrogens with zero attached hydrogens (tertiary/aromatic N) is 2. The first-order valence-corrected chi connectivity index (χ1v) is 7.06. The van der Waals surface area contributed by atoms with Crippen LogP contribution in [-0.4, -0.2) is 50.3 Å². The summed E-state index contributed by atoms with van der Waals surface area (Å²) < 4.78 is 5.73. The molecule has 0 bridgehead atoms. The third-order valence-corrected chi connectivity index (χ3v) is 3.96. The number of hydrogen-bond donors (Lipinski definition) is 1. The molecule has 1 saturated heterocycles. The molecular formula is C15H25N3O. The van der Waals surface area contributed by atoms with Gasteiger partial charge < -0.3 is 15.4 Å². The van der Waals surface area contributed by atoms with Gasteiger partial charge in [-0.3, -0.25) is 4.90 Å². The van der Waals surface area contributed by atoms with Gasteiger partial charge in [0.1, 0.15) is 5.75 Å². The zero-order valence-corrected chi connectivity index (χ0v) is 12.2. The zero-order valence-electron chi connectivity index (χ0n) is 12.2. The fourth-order valence-electron chi connectivity index (χ4n) is 2.70. The predicted molar refractivity (Wildman–Crippen MR) is 79.9 cm³/mol. The summed E-state index contributed by atoms with van der Waals surface area (Å²) in [6.45, 7) is 7.62. The fourth-order valence-corrected chi connectivity index (χ4v) is 2.70. The van der Waals surface area contributed by atoms with E-state index in [9.17, 15) is 0 Å². The van der Waals surface area contributed by atoms with Crippen LogP contribution >= 0.6 is 0 Å². The lowest BCUT2D eigenvalue weighted by molar-refractivity contribution is 0.162. The van der Waals surface area contributed by atoms with E-state index in [0.717, 1.165) is 18.8 Å². The van der Waals surface area contributed by atoms with Crippen molar-refractivity contribution < 1.29 is 4.74 Å². The fraction of sp³-hybridized carbons (Fsp3) is 0.600. The van der Waals surface area contributed by atoms with Gasteiger partial charge in [-0.15, -0.1) is 0 Å². The molecule has 0 aliphatic carbocycles. The molecule has 4 nitrogen and oxygen atoms in total. The van der Waals surface area contributed by atoms with Crippen LogP contribution < -0.4 is 15.4 Å². The highest BCUT2D eigenvalue weighted by atomic mass is 16.5. The minimum Gasteiger partial charge on any atom is -0.492 e. The Balaban J connectivity index is 2.21. The quantitative estimate of drug-likeness (QED) is 0.895. The van der Waals surface area contributed by atoms with Crippen LogP contribution in [0.2, 0.25) is 0 Å². The first kappa shape index (κ1) is 14.2. The smallest absolute Gasteiger partial charge is 0.142 e. The Bertz CT molecular complexity index is 410. The molecule has 2 N–H and O–H groups in total. The second-order valence-electron chi connectivity index (χ2n) is 5.21. The number of nitrogens with two attached hydrogens (primary N) is 1. The molecule has 1 heterocycles. The standard InChI is InChI=1S/C15H25N3O/c1-4-19-15-8-6-5-7-14(15)18-10-12(2)17(3)13(9-16)11-18/h5-8,12-13H,4,9-11,16H2,1-3H3. The Kier molecular flexibility index (Phi) is 4.66. The van der Waals surface area contributed by atoms with Crippen molar-refractivity contribution in [2.24, 2.45) is 5.73 Å². The van der Waals surface area contributed by atoms with Crippen molar-refractivity contribution in [3.05, 3.63) is 24.3 Å². The Morgan fingerprint density at radius 2 is 2.05 bits per heavy atom. The van der Waals surface area contributed by atoms with Gasteiger partial charge in [0, 0.05) is 31.7 Å². The third-order valence-electron chi connectivity index (χ3n) is 3.96. The lowest BCUT2D eigenvalue weighted by atomic mass is 10.1. The number of piperazine rings is 1. The molecule has 106 valence electrons. The second kappa shape index (κ2) is 6.26. The van der Waals surface area contributed by atoms with E-state index in [-0.39, 0.29) is 0 Å². The summed E-state index contributed by atoms with van der Waals surface area (Å²) in [4.78, 5) is 4.77. The van der Waals surface area contributed by atoms with E-state index in [0.29, 0.717) is 25.2 Å². The molecule has 1 fully saturated rings. The summed E-state index contributed by atoms with van der Waals surface area (Å²) in [6, 6.07) is 9.16.